The second-order valence-electron chi connectivity index (χ2n) is 17.1. The van der Waals surface area contributed by atoms with Crippen LogP contribution in [-0.2, 0) is 14.3 Å². The van der Waals surface area contributed by atoms with Crippen LogP contribution in [0.25, 0.3) is 0 Å². The van der Waals surface area contributed by atoms with Crippen molar-refractivity contribution in [2.75, 3.05) is 13.2 Å². The van der Waals surface area contributed by atoms with Crippen LogP contribution in [0.1, 0.15) is 264 Å². The van der Waals surface area contributed by atoms with Crippen molar-refractivity contribution in [3.63, 3.8) is 0 Å². The number of nitrogens with one attached hydrogen (secondary N) is 1. The SMILES string of the molecule is CCCCC/C=C\C/C=C\CCCCCCCC(=O)OCCCCCCCCCCCCCCCC(=O)NC(CO)C(O)CCCCCCCCCCCCCC. The number of carbonyl (C=O) groups is 2. The molecule has 0 rings (SSSR count). The summed E-state index contributed by atoms with van der Waals surface area (Å²) < 4.78 is 5.45. The van der Waals surface area contributed by atoms with Gasteiger partial charge in [-0.1, -0.05) is 218 Å². The molecule has 6 nitrogen and oxygen atoms in total. The fourth-order valence-electron chi connectivity index (χ4n) is 7.61. The molecule has 0 aromatic heterocycles. The number of amides is 1. The van der Waals surface area contributed by atoms with Gasteiger partial charge in [-0.05, 0) is 57.8 Å². The third-order valence-corrected chi connectivity index (χ3v) is 11.5. The van der Waals surface area contributed by atoms with Crippen molar-refractivity contribution in [2.24, 2.45) is 0 Å². The van der Waals surface area contributed by atoms with E-state index in [1.54, 1.807) is 0 Å². The van der Waals surface area contributed by atoms with Gasteiger partial charge in [-0.2, -0.15) is 0 Å². The lowest BCUT2D eigenvalue weighted by atomic mass is 10.0. The summed E-state index contributed by atoms with van der Waals surface area (Å²) in [5, 5.41) is 23.1. The van der Waals surface area contributed by atoms with Gasteiger partial charge in [0.05, 0.1) is 25.4 Å². The van der Waals surface area contributed by atoms with E-state index >= 15 is 0 Å². The van der Waals surface area contributed by atoms with E-state index in [1.807, 2.05) is 0 Å². The third kappa shape index (κ3) is 43.7. The van der Waals surface area contributed by atoms with E-state index in [2.05, 4.69) is 43.5 Å². The molecule has 0 radical (unpaired) electrons. The quantitative estimate of drug-likeness (QED) is 0.0324. The predicted molar refractivity (Wildman–Crippen MR) is 246 cm³/mol. The van der Waals surface area contributed by atoms with Crippen LogP contribution in [0.5, 0.6) is 0 Å². The fourth-order valence-corrected chi connectivity index (χ4v) is 7.61. The molecule has 336 valence electrons. The number of unbranched alkanes of at least 4 members (excludes halogenated alkanes) is 31. The van der Waals surface area contributed by atoms with Crippen molar-refractivity contribution in [3.8, 4) is 0 Å². The van der Waals surface area contributed by atoms with Gasteiger partial charge in [-0.25, -0.2) is 0 Å². The van der Waals surface area contributed by atoms with Crippen molar-refractivity contribution in [1.82, 2.24) is 5.32 Å². The first kappa shape index (κ1) is 55.3. The zero-order valence-corrected chi connectivity index (χ0v) is 38.1. The molecule has 2 unspecified atom stereocenters. The predicted octanol–water partition coefficient (Wildman–Crippen LogP) is 14.7. The Morgan fingerprint density at radius 2 is 0.877 bits per heavy atom. The Balaban J connectivity index is 3.46. The maximum absolute atomic E-state index is 12.4. The molecule has 2 atom stereocenters. The fraction of sp³-hybridized carbons (Fsp3) is 0.882. The molecule has 57 heavy (non-hydrogen) atoms. The van der Waals surface area contributed by atoms with E-state index in [9.17, 15) is 19.8 Å². The largest absolute Gasteiger partial charge is 0.466 e. The van der Waals surface area contributed by atoms with Crippen LogP contribution in [0.4, 0.5) is 0 Å². The molecule has 0 heterocycles. The lowest BCUT2D eigenvalue weighted by molar-refractivity contribution is -0.143. The lowest BCUT2D eigenvalue weighted by Gasteiger charge is -2.22. The summed E-state index contributed by atoms with van der Waals surface area (Å²) >= 11 is 0. The topological polar surface area (TPSA) is 95.9 Å². The van der Waals surface area contributed by atoms with E-state index < -0.39 is 12.1 Å². The van der Waals surface area contributed by atoms with Crippen LogP contribution in [0.3, 0.4) is 0 Å². The van der Waals surface area contributed by atoms with Crippen molar-refractivity contribution >= 4 is 11.9 Å². The van der Waals surface area contributed by atoms with Gasteiger partial charge in [0.2, 0.25) is 5.91 Å². The first-order chi connectivity index (χ1) is 28.0. The van der Waals surface area contributed by atoms with Crippen LogP contribution >= 0.6 is 0 Å². The number of aliphatic hydroxyl groups excluding tert-OH is 2. The Bertz CT molecular complexity index is 889. The van der Waals surface area contributed by atoms with E-state index in [4.69, 9.17) is 4.74 Å². The first-order valence-corrected chi connectivity index (χ1v) is 25.1. The number of aliphatic hydroxyl groups is 2. The lowest BCUT2D eigenvalue weighted by Crippen LogP contribution is -2.45. The Morgan fingerprint density at radius 1 is 0.491 bits per heavy atom. The Hall–Kier alpha value is -1.66. The van der Waals surface area contributed by atoms with Crippen LogP contribution < -0.4 is 5.32 Å². The maximum atomic E-state index is 12.4. The molecule has 0 bridgehead atoms. The summed E-state index contributed by atoms with van der Waals surface area (Å²) in [6, 6.07) is -0.550. The number of rotatable bonds is 46. The molecule has 0 aliphatic heterocycles. The van der Waals surface area contributed by atoms with Crippen LogP contribution in [0.2, 0.25) is 0 Å². The molecule has 0 saturated heterocycles. The molecule has 0 saturated carbocycles. The number of hydrogen-bond donors (Lipinski definition) is 3. The molecular formula is C51H97NO5. The Kier molecular flexibility index (Phi) is 45.7. The van der Waals surface area contributed by atoms with Gasteiger partial charge >= 0.3 is 5.97 Å². The minimum Gasteiger partial charge on any atom is -0.466 e. The summed E-state index contributed by atoms with van der Waals surface area (Å²) in [5.74, 6) is -0.0692. The van der Waals surface area contributed by atoms with Gasteiger partial charge in [-0.3, -0.25) is 9.59 Å². The minimum absolute atomic E-state index is 0.0197. The molecule has 0 aliphatic carbocycles. The van der Waals surface area contributed by atoms with Gasteiger partial charge in [0.25, 0.3) is 0 Å². The molecule has 0 spiro atoms. The molecule has 3 N–H and O–H groups in total. The Morgan fingerprint density at radius 3 is 1.37 bits per heavy atom. The van der Waals surface area contributed by atoms with E-state index in [0.29, 0.717) is 25.9 Å². The summed E-state index contributed by atoms with van der Waals surface area (Å²) in [7, 11) is 0. The first-order valence-electron chi connectivity index (χ1n) is 25.1. The molecule has 0 aromatic rings. The third-order valence-electron chi connectivity index (χ3n) is 11.5. The highest BCUT2D eigenvalue weighted by Gasteiger charge is 2.20. The number of esters is 1. The highest BCUT2D eigenvalue weighted by Crippen LogP contribution is 2.16. The van der Waals surface area contributed by atoms with E-state index in [1.165, 1.54) is 173 Å². The number of allylic oxidation sites excluding steroid dienone is 4. The standard InChI is InChI=1S/C51H97NO5/c1-3-5-7-9-11-13-15-17-18-21-25-29-33-37-41-45-51(56)57-46-42-38-34-30-26-22-19-20-24-28-32-36-40-44-50(55)52-48(47-53)49(54)43-39-35-31-27-23-16-14-12-10-8-6-4-2/h11,13,17-18,48-49,53-54H,3-10,12,14-16,19-47H2,1-2H3,(H,52,55)/b13-11-,18-17-. The van der Waals surface area contributed by atoms with Crippen LogP contribution in [0.15, 0.2) is 24.3 Å². The average Bonchev–Trinajstić information content (AvgIpc) is 3.21. The number of carbonyl (C=O) groups excluding carboxylic acids is 2. The summed E-state index contributed by atoms with van der Waals surface area (Å²) in [5.41, 5.74) is 0. The van der Waals surface area contributed by atoms with Crippen molar-refractivity contribution in [2.45, 2.75) is 276 Å². The average molecular weight is 804 g/mol. The van der Waals surface area contributed by atoms with Gasteiger partial charge in [0.15, 0.2) is 0 Å². The molecule has 0 aromatic carbocycles. The zero-order valence-electron chi connectivity index (χ0n) is 38.1. The Labute approximate surface area is 354 Å². The van der Waals surface area contributed by atoms with Crippen LogP contribution in [0, 0.1) is 0 Å². The summed E-state index contributed by atoms with van der Waals surface area (Å²) in [6.45, 7) is 4.88. The monoisotopic (exact) mass is 804 g/mol. The normalized spacial score (nSPS) is 12.8. The smallest absolute Gasteiger partial charge is 0.305 e. The van der Waals surface area contributed by atoms with Crippen molar-refractivity contribution < 1.29 is 24.5 Å². The molecule has 6 heteroatoms. The second-order valence-corrected chi connectivity index (χ2v) is 17.1. The second kappa shape index (κ2) is 47.0. The molecular weight excluding hydrogens is 707 g/mol. The maximum Gasteiger partial charge on any atom is 0.305 e. The molecule has 0 aliphatic rings. The molecule has 0 fully saturated rings. The van der Waals surface area contributed by atoms with E-state index in [0.717, 1.165) is 57.8 Å². The van der Waals surface area contributed by atoms with Gasteiger partial charge in [0.1, 0.15) is 0 Å². The zero-order chi connectivity index (χ0) is 41.5. The summed E-state index contributed by atoms with van der Waals surface area (Å²) in [4.78, 5) is 24.4. The number of hydrogen-bond acceptors (Lipinski definition) is 5. The van der Waals surface area contributed by atoms with Crippen molar-refractivity contribution in [3.05, 3.63) is 24.3 Å². The minimum atomic E-state index is -0.672. The van der Waals surface area contributed by atoms with Crippen molar-refractivity contribution in [1.29, 1.82) is 0 Å². The van der Waals surface area contributed by atoms with E-state index in [-0.39, 0.29) is 18.5 Å². The molecule has 1 amide bonds. The van der Waals surface area contributed by atoms with Gasteiger partial charge in [-0.15, -0.1) is 0 Å². The summed E-state index contributed by atoms with van der Waals surface area (Å²) in [6.07, 6.45) is 54.2. The van der Waals surface area contributed by atoms with Crippen LogP contribution in [-0.4, -0.2) is 47.4 Å². The highest BCUT2D eigenvalue weighted by molar-refractivity contribution is 5.76. The number of ether oxygens (including phenoxy) is 1. The van der Waals surface area contributed by atoms with Gasteiger partial charge in [0, 0.05) is 12.8 Å². The highest BCUT2D eigenvalue weighted by atomic mass is 16.5. The van der Waals surface area contributed by atoms with Gasteiger partial charge < -0.3 is 20.3 Å².